The number of hydrogen-bond acceptors (Lipinski definition) is 2. The Hall–Kier alpha value is -0.840. The number of alkyl halides is 3. The average Bonchev–Trinajstić information content (AvgIpc) is 1.86. The van der Waals surface area contributed by atoms with Gasteiger partial charge in [0, 0.05) is 6.07 Å². The summed E-state index contributed by atoms with van der Waals surface area (Å²) < 4.78 is 35.5. The van der Waals surface area contributed by atoms with Crippen LogP contribution in [-0.4, -0.2) is 0 Å². The van der Waals surface area contributed by atoms with Crippen LogP contribution in [0.3, 0.4) is 0 Å². The van der Waals surface area contributed by atoms with Crippen molar-refractivity contribution in [3.63, 3.8) is 0 Å². The van der Waals surface area contributed by atoms with E-state index in [0.717, 1.165) is 11.4 Å². The lowest BCUT2D eigenvalue weighted by molar-refractivity contribution is -0.134. The first-order chi connectivity index (χ1) is 5.00. The van der Waals surface area contributed by atoms with E-state index >= 15 is 0 Å². The van der Waals surface area contributed by atoms with E-state index < -0.39 is 16.5 Å². The highest BCUT2D eigenvalue weighted by Gasteiger charge is 2.31. The fourth-order valence-electron chi connectivity index (χ4n) is 0.534. The lowest BCUT2D eigenvalue weighted by atomic mass is 10.4. The molecule has 0 atom stereocenters. The van der Waals surface area contributed by atoms with Crippen molar-refractivity contribution in [2.24, 2.45) is 0 Å². The summed E-state index contributed by atoms with van der Waals surface area (Å²) in [6, 6.07) is 1.69. The molecule has 0 aliphatic heterocycles. The van der Waals surface area contributed by atoms with Gasteiger partial charge in [-0.25, -0.2) is 0 Å². The van der Waals surface area contributed by atoms with Crippen LogP contribution in [0.1, 0.15) is 4.88 Å². The third kappa shape index (κ3) is 2.04. The van der Waals surface area contributed by atoms with Crippen LogP contribution in [-0.2, 0) is 6.18 Å². The summed E-state index contributed by atoms with van der Waals surface area (Å²) in [5.74, 6) is 0. The summed E-state index contributed by atoms with van der Waals surface area (Å²) in [6.45, 7) is 0. The SMILES string of the molecule is O=c1ccsc(C(F)(F)F)c1. The van der Waals surface area contributed by atoms with E-state index in [0.29, 0.717) is 17.4 Å². The van der Waals surface area contributed by atoms with Gasteiger partial charge in [0.1, 0.15) is 4.88 Å². The second-order valence-corrected chi connectivity index (χ2v) is 2.78. The predicted molar refractivity (Wildman–Crippen MR) is 35.6 cm³/mol. The maximum absolute atomic E-state index is 11.8. The fraction of sp³-hybridized carbons (Fsp3) is 0.167. The molecule has 0 saturated carbocycles. The molecule has 0 radical (unpaired) electrons. The molecule has 0 aliphatic carbocycles. The molecule has 0 N–H and O–H groups in total. The lowest BCUT2D eigenvalue weighted by Gasteiger charge is -2.02. The number of rotatable bonds is 0. The Bertz CT molecular complexity index is 301. The van der Waals surface area contributed by atoms with E-state index in [4.69, 9.17) is 0 Å². The molecule has 0 aromatic carbocycles. The van der Waals surface area contributed by atoms with Gasteiger partial charge in [0.2, 0.25) is 0 Å². The van der Waals surface area contributed by atoms with Gasteiger partial charge < -0.3 is 0 Å². The number of hydrogen-bond donors (Lipinski definition) is 0. The van der Waals surface area contributed by atoms with E-state index in [1.807, 2.05) is 0 Å². The Kier molecular flexibility index (Phi) is 1.99. The summed E-state index contributed by atoms with van der Waals surface area (Å²) >= 11 is 0.509. The van der Waals surface area contributed by atoms with Crippen LogP contribution >= 0.6 is 11.3 Å². The van der Waals surface area contributed by atoms with Crippen molar-refractivity contribution in [1.29, 1.82) is 0 Å². The maximum atomic E-state index is 11.8. The smallest absolute Gasteiger partial charge is 0.290 e. The highest BCUT2D eigenvalue weighted by atomic mass is 32.1. The zero-order valence-electron chi connectivity index (χ0n) is 5.18. The van der Waals surface area contributed by atoms with E-state index in [-0.39, 0.29) is 0 Å². The van der Waals surface area contributed by atoms with Crippen molar-refractivity contribution in [2.45, 2.75) is 6.18 Å². The largest absolute Gasteiger partial charge is 0.425 e. The Morgan fingerprint density at radius 2 is 2.00 bits per heavy atom. The maximum Gasteiger partial charge on any atom is 0.425 e. The van der Waals surface area contributed by atoms with E-state index in [9.17, 15) is 18.0 Å². The quantitative estimate of drug-likeness (QED) is 0.597. The standard InChI is InChI=1S/C6H3F3OS/c7-6(8,9)5-3-4(10)1-2-11-5/h1-3H. The normalized spacial score (nSPS) is 11.5. The van der Waals surface area contributed by atoms with Gasteiger partial charge in [-0.05, 0) is 11.4 Å². The van der Waals surface area contributed by atoms with Crippen LogP contribution in [0.25, 0.3) is 0 Å². The summed E-state index contributed by atoms with van der Waals surface area (Å²) in [7, 11) is 0. The molecule has 0 aliphatic rings. The van der Waals surface area contributed by atoms with Gasteiger partial charge in [0.05, 0.1) is 0 Å². The minimum Gasteiger partial charge on any atom is -0.290 e. The first kappa shape index (κ1) is 8.26. The van der Waals surface area contributed by atoms with Gasteiger partial charge in [-0.1, -0.05) is 0 Å². The molecule has 5 heteroatoms. The molecular formula is C6H3F3OS. The Balaban J connectivity index is 3.16. The number of halogens is 3. The Labute approximate surface area is 64.1 Å². The zero-order chi connectivity index (χ0) is 8.48. The van der Waals surface area contributed by atoms with Crippen LogP contribution < -0.4 is 5.43 Å². The predicted octanol–water partition coefficient (Wildman–Crippen LogP) is 2.13. The second-order valence-electron chi connectivity index (χ2n) is 1.83. The van der Waals surface area contributed by atoms with Gasteiger partial charge in [0.15, 0.2) is 5.43 Å². The highest BCUT2D eigenvalue weighted by Crippen LogP contribution is 2.30. The van der Waals surface area contributed by atoms with Gasteiger partial charge in [-0.3, -0.25) is 4.79 Å². The molecule has 0 spiro atoms. The first-order valence-electron chi connectivity index (χ1n) is 2.66. The van der Waals surface area contributed by atoms with Crippen molar-refractivity contribution in [2.75, 3.05) is 0 Å². The average molecular weight is 180 g/mol. The van der Waals surface area contributed by atoms with Gasteiger partial charge >= 0.3 is 6.18 Å². The molecule has 0 bridgehead atoms. The van der Waals surface area contributed by atoms with Gasteiger partial charge in [0.25, 0.3) is 0 Å². The molecule has 1 aromatic heterocycles. The van der Waals surface area contributed by atoms with Gasteiger partial charge in [-0.15, -0.1) is 11.3 Å². The molecular weight excluding hydrogens is 177 g/mol. The fourth-order valence-corrected chi connectivity index (χ4v) is 1.20. The minimum absolute atomic E-state index is 0.509. The summed E-state index contributed by atoms with van der Waals surface area (Å²) in [5, 5.41) is 1.13. The van der Waals surface area contributed by atoms with E-state index in [1.54, 1.807) is 0 Å². The van der Waals surface area contributed by atoms with E-state index in [2.05, 4.69) is 0 Å². The van der Waals surface area contributed by atoms with Crippen LogP contribution in [0.4, 0.5) is 13.2 Å². The molecule has 60 valence electrons. The molecule has 11 heavy (non-hydrogen) atoms. The molecule has 1 aromatic rings. The van der Waals surface area contributed by atoms with Crippen molar-refractivity contribution in [3.8, 4) is 0 Å². The highest BCUT2D eigenvalue weighted by molar-refractivity contribution is 7.09. The molecule has 0 saturated heterocycles. The summed E-state index contributed by atoms with van der Waals surface area (Å²) in [4.78, 5) is 9.59. The molecule has 1 heterocycles. The second kappa shape index (κ2) is 2.65. The molecule has 0 fully saturated rings. The molecule has 1 nitrogen and oxygen atoms in total. The third-order valence-corrected chi connectivity index (χ3v) is 1.86. The zero-order valence-corrected chi connectivity index (χ0v) is 6.00. The lowest BCUT2D eigenvalue weighted by Crippen LogP contribution is -2.07. The van der Waals surface area contributed by atoms with Crippen molar-refractivity contribution < 1.29 is 13.2 Å². The molecule has 1 rings (SSSR count). The Morgan fingerprint density at radius 3 is 2.36 bits per heavy atom. The molecule has 0 unspecified atom stereocenters. The van der Waals surface area contributed by atoms with Gasteiger partial charge in [-0.2, -0.15) is 13.2 Å². The van der Waals surface area contributed by atoms with Crippen molar-refractivity contribution in [3.05, 3.63) is 32.6 Å². The first-order valence-corrected chi connectivity index (χ1v) is 3.54. The molecule has 0 amide bonds. The van der Waals surface area contributed by atoms with Crippen LogP contribution in [0.15, 0.2) is 22.3 Å². The van der Waals surface area contributed by atoms with E-state index in [1.165, 1.54) is 0 Å². The third-order valence-electron chi connectivity index (χ3n) is 0.980. The van der Waals surface area contributed by atoms with Crippen LogP contribution in [0, 0.1) is 0 Å². The monoisotopic (exact) mass is 180 g/mol. The minimum atomic E-state index is -4.40. The van der Waals surface area contributed by atoms with Crippen LogP contribution in [0.5, 0.6) is 0 Å². The summed E-state index contributed by atoms with van der Waals surface area (Å²) in [5.41, 5.74) is -0.615. The van der Waals surface area contributed by atoms with Crippen LogP contribution in [0.2, 0.25) is 0 Å². The topological polar surface area (TPSA) is 17.1 Å². The van der Waals surface area contributed by atoms with Crippen molar-refractivity contribution >= 4 is 11.3 Å². The summed E-state index contributed by atoms with van der Waals surface area (Å²) in [6.07, 6.45) is -4.40. The van der Waals surface area contributed by atoms with Crippen molar-refractivity contribution in [1.82, 2.24) is 0 Å². The Morgan fingerprint density at radius 1 is 1.36 bits per heavy atom.